The second-order valence-corrected chi connectivity index (χ2v) is 6.35. The van der Waals surface area contributed by atoms with Crippen LogP contribution in [0.5, 0.6) is 11.6 Å². The number of carbonyl (C=O) groups is 1. The molecule has 4 rings (SSSR count). The van der Waals surface area contributed by atoms with Crippen molar-refractivity contribution in [2.75, 3.05) is 6.54 Å². The van der Waals surface area contributed by atoms with E-state index >= 15 is 0 Å². The van der Waals surface area contributed by atoms with E-state index in [-0.39, 0.29) is 5.92 Å². The molecule has 28 heavy (non-hydrogen) atoms. The van der Waals surface area contributed by atoms with Gasteiger partial charge in [0.05, 0.1) is 5.39 Å². The Balaban J connectivity index is 1.59. The summed E-state index contributed by atoms with van der Waals surface area (Å²) in [7, 11) is 1.93. The highest BCUT2D eigenvalue weighted by Crippen LogP contribution is 2.29. The summed E-state index contributed by atoms with van der Waals surface area (Å²) in [5.74, 6) is 1.15. The van der Waals surface area contributed by atoms with Gasteiger partial charge < -0.3 is 14.6 Å². The van der Waals surface area contributed by atoms with Crippen molar-refractivity contribution in [3.05, 3.63) is 78.5 Å². The first-order valence-corrected chi connectivity index (χ1v) is 8.88. The third-order valence-electron chi connectivity index (χ3n) is 4.57. The fourth-order valence-electron chi connectivity index (χ4n) is 3.16. The lowest BCUT2D eigenvalue weighted by Gasteiger charge is -2.17. The number of carbonyl (C=O) groups excluding carboxylic acids is 1. The number of aryl methyl sites for hydroxylation is 1. The first-order valence-electron chi connectivity index (χ1n) is 8.88. The van der Waals surface area contributed by atoms with Gasteiger partial charge in [0.25, 0.3) is 0 Å². The van der Waals surface area contributed by atoms with E-state index in [0.717, 1.165) is 22.3 Å². The van der Waals surface area contributed by atoms with Crippen LogP contribution in [-0.4, -0.2) is 32.5 Å². The van der Waals surface area contributed by atoms with Crippen LogP contribution in [-0.2, 0) is 11.8 Å². The third-order valence-corrected chi connectivity index (χ3v) is 4.57. The van der Waals surface area contributed by atoms with Crippen LogP contribution in [0, 0.1) is 0 Å². The van der Waals surface area contributed by atoms with Crippen LogP contribution in [0.1, 0.15) is 17.2 Å². The molecule has 0 fully saturated rings. The zero-order valence-corrected chi connectivity index (χ0v) is 15.3. The molecular weight excluding hydrogens is 354 g/mol. The van der Waals surface area contributed by atoms with E-state index in [1.54, 1.807) is 6.20 Å². The third kappa shape index (κ3) is 3.55. The van der Waals surface area contributed by atoms with Crippen molar-refractivity contribution in [1.29, 1.82) is 0 Å². The summed E-state index contributed by atoms with van der Waals surface area (Å²) in [6.07, 6.45) is 5.87. The van der Waals surface area contributed by atoms with E-state index in [2.05, 4.69) is 20.3 Å². The van der Waals surface area contributed by atoms with Crippen LogP contribution >= 0.6 is 0 Å². The Morgan fingerprint density at radius 1 is 1.11 bits per heavy atom. The van der Waals surface area contributed by atoms with Crippen molar-refractivity contribution in [3.8, 4) is 11.6 Å². The van der Waals surface area contributed by atoms with Gasteiger partial charge in [-0.25, -0.2) is 9.97 Å². The first-order chi connectivity index (χ1) is 13.8. The molecular formula is C21H19N5O2. The number of nitrogens with zero attached hydrogens (tertiary/aromatic N) is 4. The smallest absolute Gasteiger partial charge is 0.231 e. The van der Waals surface area contributed by atoms with Gasteiger partial charge in [-0.3, -0.25) is 9.78 Å². The molecule has 3 heterocycles. The molecule has 0 aliphatic carbocycles. The Bertz CT molecular complexity index is 1080. The molecule has 0 radical (unpaired) electrons. The normalized spacial score (nSPS) is 11.9. The maximum atomic E-state index is 10.8. The Morgan fingerprint density at radius 2 is 1.96 bits per heavy atom. The molecule has 3 aromatic heterocycles. The standard InChI is InChI=1S/C21H19N5O2/c1-26-11-9-17-20(26)24-13-25-21(17)28-16-7-5-15(6-8-16)18(12-22-14-27)19-4-2-3-10-23-19/h2-11,13-14,18H,12H2,1H3,(H,22,27). The van der Waals surface area contributed by atoms with Crippen molar-refractivity contribution < 1.29 is 9.53 Å². The van der Waals surface area contributed by atoms with Crippen LogP contribution in [0.25, 0.3) is 11.0 Å². The van der Waals surface area contributed by atoms with Gasteiger partial charge in [-0.05, 0) is 35.9 Å². The van der Waals surface area contributed by atoms with E-state index < -0.39 is 0 Å². The molecule has 0 saturated carbocycles. The number of hydrogen-bond donors (Lipinski definition) is 1. The molecule has 1 amide bonds. The van der Waals surface area contributed by atoms with Gasteiger partial charge in [-0.15, -0.1) is 0 Å². The van der Waals surface area contributed by atoms with Gasteiger partial charge >= 0.3 is 0 Å². The molecule has 1 N–H and O–H groups in total. The number of amides is 1. The van der Waals surface area contributed by atoms with Crippen molar-refractivity contribution in [2.24, 2.45) is 7.05 Å². The van der Waals surface area contributed by atoms with Gasteiger partial charge in [-0.1, -0.05) is 18.2 Å². The van der Waals surface area contributed by atoms with Crippen LogP contribution < -0.4 is 10.1 Å². The average Bonchev–Trinajstić information content (AvgIpc) is 3.12. The minimum Gasteiger partial charge on any atom is -0.438 e. The maximum absolute atomic E-state index is 10.8. The number of hydrogen-bond acceptors (Lipinski definition) is 5. The fourth-order valence-corrected chi connectivity index (χ4v) is 3.16. The zero-order chi connectivity index (χ0) is 19.3. The summed E-state index contributed by atoms with van der Waals surface area (Å²) in [6, 6.07) is 15.4. The lowest BCUT2D eigenvalue weighted by molar-refractivity contribution is -0.109. The molecule has 0 spiro atoms. The molecule has 1 aromatic carbocycles. The SMILES string of the molecule is Cn1ccc2c(Oc3ccc(C(CNC=O)c4ccccn4)cc3)ncnc21. The van der Waals surface area contributed by atoms with Gasteiger partial charge in [-0.2, -0.15) is 0 Å². The number of nitrogens with one attached hydrogen (secondary N) is 1. The lowest BCUT2D eigenvalue weighted by atomic mass is 9.95. The topological polar surface area (TPSA) is 81.9 Å². The van der Waals surface area contributed by atoms with Crippen LogP contribution in [0.2, 0.25) is 0 Å². The molecule has 7 nitrogen and oxygen atoms in total. The van der Waals surface area contributed by atoms with E-state index in [1.165, 1.54) is 6.33 Å². The van der Waals surface area contributed by atoms with E-state index in [1.807, 2.05) is 66.3 Å². The van der Waals surface area contributed by atoms with Crippen LogP contribution in [0.15, 0.2) is 67.3 Å². The predicted molar refractivity (Wildman–Crippen MR) is 105 cm³/mol. The number of ether oxygens (including phenoxy) is 1. The summed E-state index contributed by atoms with van der Waals surface area (Å²) >= 11 is 0. The summed E-state index contributed by atoms with van der Waals surface area (Å²) in [4.78, 5) is 23.7. The molecule has 0 bridgehead atoms. The highest BCUT2D eigenvalue weighted by Gasteiger charge is 2.16. The quantitative estimate of drug-likeness (QED) is 0.504. The molecule has 0 aliphatic heterocycles. The predicted octanol–water partition coefficient (Wildman–Crippen LogP) is 3.03. The Morgan fingerprint density at radius 3 is 2.71 bits per heavy atom. The summed E-state index contributed by atoms with van der Waals surface area (Å²) in [5, 5.41) is 3.61. The minimum absolute atomic E-state index is 0.0414. The Hall–Kier alpha value is -3.74. The molecule has 4 aromatic rings. The van der Waals surface area contributed by atoms with Gasteiger partial charge in [0.1, 0.15) is 17.7 Å². The van der Waals surface area contributed by atoms with Crippen molar-refractivity contribution in [2.45, 2.75) is 5.92 Å². The van der Waals surface area contributed by atoms with Crippen molar-refractivity contribution in [1.82, 2.24) is 24.8 Å². The second-order valence-electron chi connectivity index (χ2n) is 6.35. The van der Waals surface area contributed by atoms with Gasteiger partial charge in [0, 0.05) is 37.6 Å². The molecule has 1 atom stereocenters. The lowest BCUT2D eigenvalue weighted by Crippen LogP contribution is -2.21. The monoisotopic (exact) mass is 373 g/mol. The largest absolute Gasteiger partial charge is 0.438 e. The van der Waals surface area contributed by atoms with Crippen LogP contribution in [0.4, 0.5) is 0 Å². The summed E-state index contributed by atoms with van der Waals surface area (Å²) < 4.78 is 7.90. The highest BCUT2D eigenvalue weighted by atomic mass is 16.5. The average molecular weight is 373 g/mol. The second kappa shape index (κ2) is 7.87. The minimum atomic E-state index is -0.0414. The Kier molecular flexibility index (Phi) is 4.97. The molecule has 7 heteroatoms. The van der Waals surface area contributed by atoms with Crippen LogP contribution in [0.3, 0.4) is 0 Å². The van der Waals surface area contributed by atoms with E-state index in [4.69, 9.17) is 4.74 Å². The fraction of sp³-hybridized carbons (Fsp3) is 0.143. The van der Waals surface area contributed by atoms with E-state index in [0.29, 0.717) is 24.6 Å². The van der Waals surface area contributed by atoms with Crippen molar-refractivity contribution in [3.63, 3.8) is 0 Å². The highest BCUT2D eigenvalue weighted by molar-refractivity contribution is 5.81. The first kappa shape index (κ1) is 17.7. The summed E-state index contributed by atoms with van der Waals surface area (Å²) in [6.45, 7) is 0.470. The van der Waals surface area contributed by atoms with Crippen molar-refractivity contribution >= 4 is 17.4 Å². The number of pyridine rings is 1. The Labute approximate surface area is 162 Å². The maximum Gasteiger partial charge on any atom is 0.231 e. The number of aromatic nitrogens is 4. The molecule has 1 unspecified atom stereocenters. The van der Waals surface area contributed by atoms with Gasteiger partial charge in [0.2, 0.25) is 12.3 Å². The zero-order valence-electron chi connectivity index (χ0n) is 15.3. The van der Waals surface area contributed by atoms with Gasteiger partial charge in [0.15, 0.2) is 0 Å². The van der Waals surface area contributed by atoms with E-state index in [9.17, 15) is 4.79 Å². The number of benzene rings is 1. The molecule has 0 aliphatic rings. The summed E-state index contributed by atoms with van der Waals surface area (Å²) in [5.41, 5.74) is 2.75. The number of fused-ring (bicyclic) bond motifs is 1. The molecule has 140 valence electrons. The molecule has 0 saturated heterocycles. The number of rotatable bonds is 7.